The predicted octanol–water partition coefficient (Wildman–Crippen LogP) is 2.79. The van der Waals surface area contributed by atoms with Gasteiger partial charge in [0.15, 0.2) is 0 Å². The molecule has 0 saturated carbocycles. The zero-order chi connectivity index (χ0) is 18.1. The Bertz CT molecular complexity index is 567. The Labute approximate surface area is 145 Å². The first kappa shape index (κ1) is 20.2. The Morgan fingerprint density at radius 2 is 1.96 bits per heavy atom. The van der Waals surface area contributed by atoms with Gasteiger partial charge >= 0.3 is 12.1 Å². The average Bonchev–Trinajstić information content (AvgIpc) is 2.55. The fourth-order valence-corrected chi connectivity index (χ4v) is 2.37. The van der Waals surface area contributed by atoms with Crippen LogP contribution in [-0.2, 0) is 23.5 Å². The van der Waals surface area contributed by atoms with Gasteiger partial charge < -0.3 is 15.2 Å². The normalized spacial score (nSPS) is 11.9. The molecular formula is C15H22N2O6S. The minimum absolute atomic E-state index is 0.0171. The summed E-state index contributed by atoms with van der Waals surface area (Å²) in [7, 11) is 2.56. The van der Waals surface area contributed by atoms with E-state index in [0.717, 1.165) is 12.0 Å². The highest BCUT2D eigenvalue weighted by Crippen LogP contribution is 2.32. The van der Waals surface area contributed by atoms with E-state index in [0.29, 0.717) is 16.1 Å². The van der Waals surface area contributed by atoms with Crippen molar-refractivity contribution in [1.29, 1.82) is 0 Å². The van der Waals surface area contributed by atoms with E-state index in [-0.39, 0.29) is 12.5 Å². The quantitative estimate of drug-likeness (QED) is 0.316. The summed E-state index contributed by atoms with van der Waals surface area (Å²) in [5.74, 6) is -0.441. The molecule has 0 unspecified atom stereocenters. The summed E-state index contributed by atoms with van der Waals surface area (Å²) >= 11 is 0.973. The molecule has 0 spiro atoms. The SMILES string of the molecule is COC(=O)C[C@@H](N)c1cc(NC(=O)OC)ccc1SOOC(C)C. The molecule has 0 fully saturated rings. The molecular weight excluding hydrogens is 336 g/mol. The summed E-state index contributed by atoms with van der Waals surface area (Å²) in [6, 6.07) is 4.37. The van der Waals surface area contributed by atoms with Gasteiger partial charge in [0.25, 0.3) is 0 Å². The number of amides is 1. The zero-order valence-electron chi connectivity index (χ0n) is 14.0. The molecule has 0 heterocycles. The smallest absolute Gasteiger partial charge is 0.411 e. The number of hydrogen-bond donors (Lipinski definition) is 2. The van der Waals surface area contributed by atoms with Crippen molar-refractivity contribution in [1.82, 2.24) is 0 Å². The zero-order valence-corrected chi connectivity index (χ0v) is 14.8. The van der Waals surface area contributed by atoms with Crippen LogP contribution in [0, 0.1) is 0 Å². The van der Waals surface area contributed by atoms with Crippen molar-refractivity contribution in [3.8, 4) is 0 Å². The molecule has 1 rings (SSSR count). The fraction of sp³-hybridized carbons (Fsp3) is 0.467. The Morgan fingerprint density at radius 1 is 1.25 bits per heavy atom. The van der Waals surface area contributed by atoms with Crippen molar-refractivity contribution < 1.29 is 28.3 Å². The summed E-state index contributed by atoms with van der Waals surface area (Å²) in [5, 5.41) is 2.54. The van der Waals surface area contributed by atoms with Crippen molar-refractivity contribution in [2.45, 2.75) is 37.3 Å². The van der Waals surface area contributed by atoms with Gasteiger partial charge in [-0.3, -0.25) is 10.1 Å². The maximum atomic E-state index is 11.5. The molecule has 24 heavy (non-hydrogen) atoms. The molecule has 0 aliphatic heterocycles. The largest absolute Gasteiger partial charge is 0.469 e. The number of carbonyl (C=O) groups excluding carboxylic acids is 2. The number of anilines is 1. The molecule has 0 saturated heterocycles. The van der Waals surface area contributed by atoms with E-state index in [9.17, 15) is 9.59 Å². The first-order valence-electron chi connectivity index (χ1n) is 7.18. The van der Waals surface area contributed by atoms with Gasteiger partial charge in [-0.2, -0.15) is 4.33 Å². The number of methoxy groups -OCH3 is 2. The van der Waals surface area contributed by atoms with Crippen LogP contribution in [0.5, 0.6) is 0 Å². The molecule has 0 aromatic heterocycles. The van der Waals surface area contributed by atoms with Crippen molar-refractivity contribution >= 4 is 29.8 Å². The third-order valence-electron chi connectivity index (χ3n) is 2.81. The molecule has 3 N–H and O–H groups in total. The van der Waals surface area contributed by atoms with Crippen LogP contribution in [0.1, 0.15) is 31.9 Å². The van der Waals surface area contributed by atoms with Gasteiger partial charge in [0.05, 0.1) is 38.8 Å². The number of esters is 1. The lowest BCUT2D eigenvalue weighted by Gasteiger charge is -2.16. The number of rotatable bonds is 8. The molecule has 8 nitrogen and oxygen atoms in total. The third kappa shape index (κ3) is 6.75. The second kappa shape index (κ2) is 10.1. The van der Waals surface area contributed by atoms with Crippen LogP contribution in [0.15, 0.2) is 23.1 Å². The van der Waals surface area contributed by atoms with Crippen LogP contribution in [0.4, 0.5) is 10.5 Å². The number of nitrogens with one attached hydrogen (secondary N) is 1. The van der Waals surface area contributed by atoms with Crippen LogP contribution >= 0.6 is 12.0 Å². The molecule has 134 valence electrons. The summed E-state index contributed by atoms with van der Waals surface area (Å²) in [6.45, 7) is 3.65. The molecule has 1 aromatic rings. The first-order valence-corrected chi connectivity index (χ1v) is 7.92. The van der Waals surface area contributed by atoms with Crippen LogP contribution in [0.25, 0.3) is 0 Å². The highest BCUT2D eigenvalue weighted by Gasteiger charge is 2.18. The predicted molar refractivity (Wildman–Crippen MR) is 89.2 cm³/mol. The number of hydrogen-bond acceptors (Lipinski definition) is 8. The topological polar surface area (TPSA) is 109 Å². The molecule has 0 aliphatic rings. The Morgan fingerprint density at radius 3 is 2.54 bits per heavy atom. The summed E-state index contributed by atoms with van der Waals surface area (Å²) in [4.78, 5) is 28.5. The lowest BCUT2D eigenvalue weighted by molar-refractivity contribution is -0.220. The van der Waals surface area contributed by atoms with Crippen LogP contribution < -0.4 is 11.1 Å². The standard InChI is InChI=1S/C15H22N2O6S/c1-9(2)22-23-24-13-6-5-10(17-15(19)21-4)7-11(13)12(16)8-14(18)20-3/h5-7,9,12H,8,16H2,1-4H3,(H,17,19)/t12-/m1/s1. The molecule has 1 aromatic carbocycles. The van der Waals surface area contributed by atoms with E-state index in [4.69, 9.17) is 15.0 Å². The number of carbonyl (C=O) groups is 2. The van der Waals surface area contributed by atoms with E-state index in [1.807, 2.05) is 13.8 Å². The van der Waals surface area contributed by atoms with Gasteiger partial charge in [0.2, 0.25) is 0 Å². The van der Waals surface area contributed by atoms with E-state index < -0.39 is 18.1 Å². The molecule has 1 atom stereocenters. The van der Waals surface area contributed by atoms with Gasteiger partial charge in [-0.15, -0.1) is 0 Å². The van der Waals surface area contributed by atoms with Gasteiger partial charge in [-0.1, -0.05) is 0 Å². The molecule has 0 radical (unpaired) electrons. The van der Waals surface area contributed by atoms with Crippen molar-refractivity contribution in [2.75, 3.05) is 19.5 Å². The van der Waals surface area contributed by atoms with Gasteiger partial charge in [0, 0.05) is 16.6 Å². The number of nitrogens with two attached hydrogens (primary N) is 1. The van der Waals surface area contributed by atoms with E-state index in [1.54, 1.807) is 18.2 Å². The maximum absolute atomic E-state index is 11.5. The lowest BCUT2D eigenvalue weighted by atomic mass is 10.0. The van der Waals surface area contributed by atoms with E-state index >= 15 is 0 Å². The summed E-state index contributed by atoms with van der Waals surface area (Å²) in [6.07, 6.45) is -0.733. The highest BCUT2D eigenvalue weighted by molar-refractivity contribution is 7.94. The Balaban J connectivity index is 2.98. The van der Waals surface area contributed by atoms with Gasteiger partial charge in [-0.25, -0.2) is 9.68 Å². The van der Waals surface area contributed by atoms with Crippen molar-refractivity contribution in [3.05, 3.63) is 23.8 Å². The van der Waals surface area contributed by atoms with Crippen molar-refractivity contribution in [3.63, 3.8) is 0 Å². The number of benzene rings is 1. The highest BCUT2D eigenvalue weighted by atomic mass is 32.2. The lowest BCUT2D eigenvalue weighted by Crippen LogP contribution is -2.18. The van der Waals surface area contributed by atoms with Crippen LogP contribution in [-0.4, -0.2) is 32.4 Å². The Hall–Kier alpha value is -1.81. The molecule has 1 amide bonds. The second-order valence-corrected chi connectivity index (χ2v) is 5.79. The average molecular weight is 358 g/mol. The summed E-state index contributed by atoms with van der Waals surface area (Å²) in [5.41, 5.74) is 7.16. The van der Waals surface area contributed by atoms with Crippen LogP contribution in [0.3, 0.4) is 0 Å². The maximum Gasteiger partial charge on any atom is 0.411 e. The Kier molecular flexibility index (Phi) is 8.55. The molecule has 0 bridgehead atoms. The number of ether oxygens (including phenoxy) is 2. The fourth-order valence-electron chi connectivity index (χ4n) is 1.67. The van der Waals surface area contributed by atoms with Crippen LogP contribution in [0.2, 0.25) is 0 Å². The van der Waals surface area contributed by atoms with Gasteiger partial charge in [0.1, 0.15) is 0 Å². The minimum Gasteiger partial charge on any atom is -0.469 e. The van der Waals surface area contributed by atoms with Crippen molar-refractivity contribution in [2.24, 2.45) is 5.73 Å². The molecule has 9 heteroatoms. The third-order valence-corrected chi connectivity index (χ3v) is 3.51. The van der Waals surface area contributed by atoms with E-state index in [2.05, 4.69) is 14.8 Å². The first-order chi connectivity index (χ1) is 11.4. The summed E-state index contributed by atoms with van der Waals surface area (Å²) < 4.78 is 14.3. The monoisotopic (exact) mass is 358 g/mol. The molecule has 0 aliphatic carbocycles. The van der Waals surface area contributed by atoms with Gasteiger partial charge in [-0.05, 0) is 37.6 Å². The minimum atomic E-state index is -0.637. The second-order valence-electron chi connectivity index (χ2n) is 5.05. The van der Waals surface area contributed by atoms with E-state index in [1.165, 1.54) is 14.2 Å².